The van der Waals surface area contributed by atoms with E-state index in [1.807, 2.05) is 0 Å². The molecule has 1 heterocycles. The van der Waals surface area contributed by atoms with Gasteiger partial charge < -0.3 is 22.1 Å². The van der Waals surface area contributed by atoms with Crippen molar-refractivity contribution in [3.05, 3.63) is 87.4 Å². The van der Waals surface area contributed by atoms with Gasteiger partial charge in [-0.2, -0.15) is 5.10 Å². The maximum absolute atomic E-state index is 13.1. The number of rotatable bonds is 8. The molecular formula is C25H24Cl2N6O2. The van der Waals surface area contributed by atoms with Crippen LogP contribution in [0.25, 0.3) is 10.9 Å². The zero-order valence-electron chi connectivity index (χ0n) is 18.6. The fourth-order valence-corrected chi connectivity index (χ4v) is 4.04. The maximum Gasteiger partial charge on any atom is 0.256 e. The highest BCUT2D eigenvalue weighted by Gasteiger charge is 2.21. The second-order valence-electron chi connectivity index (χ2n) is 7.98. The van der Waals surface area contributed by atoms with Crippen LogP contribution in [0.2, 0.25) is 10.0 Å². The van der Waals surface area contributed by atoms with Crippen molar-refractivity contribution in [3.8, 4) is 0 Å². The number of nitrogens with two attached hydrogens (primary N) is 2. The van der Waals surface area contributed by atoms with Crippen molar-refractivity contribution in [2.24, 2.45) is 11.5 Å². The first-order chi connectivity index (χ1) is 16.9. The van der Waals surface area contributed by atoms with E-state index in [1.54, 1.807) is 60.7 Å². The van der Waals surface area contributed by atoms with Crippen molar-refractivity contribution in [1.29, 1.82) is 0 Å². The van der Waals surface area contributed by atoms with Gasteiger partial charge in [-0.05, 0) is 66.6 Å². The molecule has 0 radical (unpaired) electrons. The summed E-state index contributed by atoms with van der Waals surface area (Å²) in [6.07, 6.45) is 0.433. The molecule has 0 saturated heterocycles. The number of hydrogen-bond acceptors (Lipinski definition) is 5. The highest BCUT2D eigenvalue weighted by molar-refractivity contribution is 6.42. The molecule has 0 saturated carbocycles. The van der Waals surface area contributed by atoms with Gasteiger partial charge in [-0.3, -0.25) is 14.7 Å². The topological polar surface area (TPSA) is 139 Å². The van der Waals surface area contributed by atoms with Crippen LogP contribution in [-0.2, 0) is 11.3 Å². The lowest BCUT2D eigenvalue weighted by Gasteiger charge is -2.17. The molecule has 8 nitrogen and oxygen atoms in total. The molecule has 2 amide bonds. The van der Waals surface area contributed by atoms with Gasteiger partial charge in [0.1, 0.15) is 0 Å². The lowest BCUT2D eigenvalue weighted by molar-refractivity contribution is -0.117. The number of benzene rings is 3. The zero-order chi connectivity index (χ0) is 24.9. The van der Waals surface area contributed by atoms with E-state index in [9.17, 15) is 9.59 Å². The van der Waals surface area contributed by atoms with Gasteiger partial charge >= 0.3 is 0 Å². The van der Waals surface area contributed by atoms with E-state index in [-0.39, 0.29) is 11.8 Å². The second kappa shape index (κ2) is 10.9. The third-order valence-electron chi connectivity index (χ3n) is 5.63. The molecule has 35 heavy (non-hydrogen) atoms. The Morgan fingerprint density at radius 2 is 1.71 bits per heavy atom. The van der Waals surface area contributed by atoms with E-state index in [2.05, 4.69) is 20.8 Å². The number of anilines is 2. The Balaban J connectivity index is 1.54. The number of carbonyl (C=O) groups is 2. The Bertz CT molecular complexity index is 1370. The van der Waals surface area contributed by atoms with Crippen LogP contribution in [0.1, 0.15) is 33.8 Å². The van der Waals surface area contributed by atoms with E-state index < -0.39 is 5.92 Å². The van der Waals surface area contributed by atoms with Gasteiger partial charge in [0.25, 0.3) is 5.91 Å². The summed E-state index contributed by atoms with van der Waals surface area (Å²) in [6.45, 7) is 0.721. The molecule has 180 valence electrons. The molecule has 0 aliphatic heterocycles. The van der Waals surface area contributed by atoms with Crippen molar-refractivity contribution in [2.45, 2.75) is 18.9 Å². The summed E-state index contributed by atoms with van der Waals surface area (Å²) in [5, 5.41) is 14.3. The first-order valence-electron chi connectivity index (χ1n) is 10.9. The van der Waals surface area contributed by atoms with E-state index in [0.29, 0.717) is 57.5 Å². The van der Waals surface area contributed by atoms with Crippen LogP contribution in [0.3, 0.4) is 0 Å². The smallest absolute Gasteiger partial charge is 0.256 e. The number of carbonyl (C=O) groups excluding carboxylic acids is 2. The number of aromatic nitrogens is 2. The predicted octanol–water partition coefficient (Wildman–Crippen LogP) is 4.65. The largest absolute Gasteiger partial charge is 0.330 e. The molecule has 0 bridgehead atoms. The Hall–Kier alpha value is -3.43. The first kappa shape index (κ1) is 24.7. The van der Waals surface area contributed by atoms with Gasteiger partial charge in [0.05, 0.1) is 21.5 Å². The molecule has 1 unspecified atom stereocenters. The Morgan fingerprint density at radius 1 is 0.943 bits per heavy atom. The lowest BCUT2D eigenvalue weighted by Crippen LogP contribution is -2.23. The maximum atomic E-state index is 13.1. The number of aromatic amines is 1. The summed E-state index contributed by atoms with van der Waals surface area (Å²) in [7, 11) is 0. The molecular weight excluding hydrogens is 487 g/mol. The van der Waals surface area contributed by atoms with Crippen LogP contribution in [0.4, 0.5) is 11.5 Å². The summed E-state index contributed by atoms with van der Waals surface area (Å²) >= 11 is 12.2. The molecule has 0 aliphatic rings. The second-order valence-corrected chi connectivity index (χ2v) is 8.79. The number of H-pyrrole nitrogens is 1. The molecule has 0 fully saturated rings. The average Bonchev–Trinajstić information content (AvgIpc) is 3.26. The zero-order valence-corrected chi connectivity index (χ0v) is 20.2. The number of nitrogens with one attached hydrogen (secondary N) is 3. The summed E-state index contributed by atoms with van der Waals surface area (Å²) in [6, 6.07) is 17.4. The normalized spacial score (nSPS) is 11.9. The molecule has 4 aromatic rings. The molecule has 1 atom stereocenters. The Morgan fingerprint density at radius 3 is 2.40 bits per heavy atom. The molecule has 7 N–H and O–H groups in total. The lowest BCUT2D eigenvalue weighted by atomic mass is 9.94. The highest BCUT2D eigenvalue weighted by atomic mass is 35.5. The fourth-order valence-electron chi connectivity index (χ4n) is 3.73. The average molecular weight is 511 g/mol. The minimum atomic E-state index is -0.509. The summed E-state index contributed by atoms with van der Waals surface area (Å²) < 4.78 is 0. The monoisotopic (exact) mass is 510 g/mol. The first-order valence-corrected chi connectivity index (χ1v) is 11.7. The predicted molar refractivity (Wildman–Crippen MR) is 140 cm³/mol. The van der Waals surface area contributed by atoms with E-state index >= 15 is 0 Å². The molecule has 3 aromatic carbocycles. The van der Waals surface area contributed by atoms with Crippen LogP contribution in [0, 0.1) is 0 Å². The van der Waals surface area contributed by atoms with Crippen molar-refractivity contribution in [2.75, 3.05) is 17.2 Å². The standard InChI is InChI=1S/C25H24Cl2N6O2/c26-20-7-5-16(11-21(20)27)18(9-10-28)25(35)30-17-6-8-22-19(12-17)23(33-32-22)31-24(34)15-3-1-14(13-29)2-4-15/h1-8,11-12,18H,9-10,13,28-29H2,(H,30,35)(H2,31,32,33,34). The van der Waals surface area contributed by atoms with Gasteiger partial charge in [0.2, 0.25) is 5.91 Å². The van der Waals surface area contributed by atoms with Gasteiger partial charge in [-0.15, -0.1) is 0 Å². The highest BCUT2D eigenvalue weighted by Crippen LogP contribution is 2.30. The van der Waals surface area contributed by atoms with Gasteiger partial charge in [-0.25, -0.2) is 0 Å². The number of hydrogen-bond donors (Lipinski definition) is 5. The number of nitrogens with zero attached hydrogens (tertiary/aromatic N) is 1. The molecule has 1 aromatic heterocycles. The quantitative estimate of drug-likeness (QED) is 0.234. The van der Waals surface area contributed by atoms with E-state index in [1.165, 1.54) is 0 Å². The third kappa shape index (κ3) is 5.63. The van der Waals surface area contributed by atoms with Gasteiger partial charge in [0.15, 0.2) is 5.82 Å². The van der Waals surface area contributed by atoms with Crippen molar-refractivity contribution < 1.29 is 9.59 Å². The number of halogens is 2. The van der Waals surface area contributed by atoms with Crippen molar-refractivity contribution in [3.63, 3.8) is 0 Å². The molecule has 4 rings (SSSR count). The van der Waals surface area contributed by atoms with Crippen LogP contribution in [0.15, 0.2) is 60.7 Å². The van der Waals surface area contributed by atoms with E-state index in [4.69, 9.17) is 34.7 Å². The Labute approximate surface area is 212 Å². The summed E-state index contributed by atoms with van der Waals surface area (Å²) in [4.78, 5) is 25.8. The number of fused-ring (bicyclic) bond motifs is 1. The minimum Gasteiger partial charge on any atom is -0.330 e. The fraction of sp³-hybridized carbons (Fsp3) is 0.160. The third-order valence-corrected chi connectivity index (χ3v) is 6.37. The van der Waals surface area contributed by atoms with Gasteiger partial charge in [-0.1, -0.05) is 41.4 Å². The molecule has 10 heteroatoms. The van der Waals surface area contributed by atoms with Crippen LogP contribution in [-0.4, -0.2) is 28.6 Å². The SMILES string of the molecule is NCCC(C(=O)Nc1ccc2[nH]nc(NC(=O)c3ccc(CN)cc3)c2c1)c1ccc(Cl)c(Cl)c1. The van der Waals surface area contributed by atoms with Gasteiger partial charge in [0, 0.05) is 23.2 Å². The minimum absolute atomic E-state index is 0.234. The van der Waals surface area contributed by atoms with Crippen LogP contribution >= 0.6 is 23.2 Å². The van der Waals surface area contributed by atoms with Crippen molar-refractivity contribution >= 4 is 57.4 Å². The van der Waals surface area contributed by atoms with Crippen LogP contribution < -0.4 is 22.1 Å². The Kier molecular flexibility index (Phi) is 7.67. The van der Waals surface area contributed by atoms with Crippen molar-refractivity contribution in [1.82, 2.24) is 10.2 Å². The van der Waals surface area contributed by atoms with Crippen LogP contribution in [0.5, 0.6) is 0 Å². The molecule has 0 spiro atoms. The summed E-state index contributed by atoms with van der Waals surface area (Å²) in [5.41, 5.74) is 14.8. The summed E-state index contributed by atoms with van der Waals surface area (Å²) in [5.74, 6) is -0.696. The van der Waals surface area contributed by atoms with E-state index in [0.717, 1.165) is 11.1 Å². The number of amides is 2. The molecule has 0 aliphatic carbocycles.